The van der Waals surface area contributed by atoms with Gasteiger partial charge in [-0.25, -0.2) is 19.9 Å². The molecule has 4 heterocycles. The van der Waals surface area contributed by atoms with Gasteiger partial charge >= 0.3 is 0 Å². The Morgan fingerprint density at radius 1 is 1.14 bits per heavy atom. The number of fused-ring (bicyclic) bond motifs is 2. The Hall–Kier alpha value is -3.26. The zero-order valence-corrected chi connectivity index (χ0v) is 16.3. The van der Waals surface area contributed by atoms with Crippen molar-refractivity contribution < 1.29 is 4.74 Å². The molecule has 0 spiro atoms. The third-order valence-corrected chi connectivity index (χ3v) is 5.51. The first-order chi connectivity index (χ1) is 14.2. The summed E-state index contributed by atoms with van der Waals surface area (Å²) >= 11 is 0. The number of piperidine rings is 1. The summed E-state index contributed by atoms with van der Waals surface area (Å²) in [6.07, 6.45) is 7.49. The van der Waals surface area contributed by atoms with E-state index in [1.54, 1.807) is 6.20 Å². The Balaban J connectivity index is 1.47. The number of ether oxygens (including phenoxy) is 1. The fourth-order valence-corrected chi connectivity index (χ4v) is 3.91. The minimum Gasteiger partial charge on any atom is -0.473 e. The van der Waals surface area contributed by atoms with Crippen LogP contribution in [-0.4, -0.2) is 57.6 Å². The third-order valence-electron chi connectivity index (χ3n) is 5.51. The molecule has 0 bridgehead atoms. The summed E-state index contributed by atoms with van der Waals surface area (Å²) < 4.78 is 6.11. The van der Waals surface area contributed by atoms with Crippen LogP contribution in [0.25, 0.3) is 16.6 Å². The van der Waals surface area contributed by atoms with Crippen molar-refractivity contribution in [2.24, 2.45) is 0 Å². The zero-order chi connectivity index (χ0) is 19.8. The van der Waals surface area contributed by atoms with Crippen LogP contribution in [0.15, 0.2) is 36.8 Å². The fourth-order valence-electron chi connectivity index (χ4n) is 3.91. The summed E-state index contributed by atoms with van der Waals surface area (Å²) in [6, 6.07) is 6.03. The monoisotopic (exact) mass is 389 g/mol. The van der Waals surface area contributed by atoms with E-state index in [-0.39, 0.29) is 6.10 Å². The normalized spacial score (nSPS) is 17.5. The first-order valence-corrected chi connectivity index (χ1v) is 9.84. The number of nitrogens with zero attached hydrogens (tertiary/aromatic N) is 5. The van der Waals surface area contributed by atoms with Crippen molar-refractivity contribution in [1.29, 1.82) is 0 Å². The molecule has 2 aliphatic rings. The number of nitrogens with one attached hydrogen (secondary N) is 1. The molecule has 148 valence electrons. The van der Waals surface area contributed by atoms with E-state index in [0.717, 1.165) is 59.5 Å². The predicted octanol–water partition coefficient (Wildman–Crippen LogP) is 2.33. The summed E-state index contributed by atoms with van der Waals surface area (Å²) in [5, 5.41) is 3.24. The molecule has 0 amide bonds. The van der Waals surface area contributed by atoms with Crippen LogP contribution in [0.2, 0.25) is 0 Å². The number of rotatable bonds is 3. The number of hydrogen-bond acceptors (Lipinski definition) is 8. The van der Waals surface area contributed by atoms with Gasteiger partial charge in [0.1, 0.15) is 24.1 Å². The maximum Gasteiger partial charge on any atom is 0.233 e. The van der Waals surface area contributed by atoms with Crippen molar-refractivity contribution in [2.75, 3.05) is 37.7 Å². The lowest BCUT2D eigenvalue weighted by atomic mass is 9.95. The van der Waals surface area contributed by atoms with E-state index in [1.807, 2.05) is 18.2 Å². The Morgan fingerprint density at radius 2 is 2.00 bits per heavy atom. The number of aromatic nitrogens is 4. The Kier molecular flexibility index (Phi) is 4.48. The third kappa shape index (κ3) is 3.47. The predicted molar refractivity (Wildman–Crippen MR) is 113 cm³/mol. The van der Waals surface area contributed by atoms with Gasteiger partial charge in [-0.15, -0.1) is 0 Å². The van der Waals surface area contributed by atoms with E-state index < -0.39 is 0 Å². The quantitative estimate of drug-likeness (QED) is 0.704. The SMILES string of the molecule is CN1CCC(Oc2cnc3ccc(C4=CCNc5ncnc(N)c54)cc3n2)CC1. The van der Waals surface area contributed by atoms with Crippen LogP contribution in [0.1, 0.15) is 24.0 Å². The molecule has 8 nitrogen and oxygen atoms in total. The first kappa shape index (κ1) is 17.8. The van der Waals surface area contributed by atoms with Crippen LogP contribution in [0.5, 0.6) is 5.88 Å². The molecule has 8 heteroatoms. The van der Waals surface area contributed by atoms with Gasteiger partial charge in [0.15, 0.2) is 0 Å². The molecule has 29 heavy (non-hydrogen) atoms. The van der Waals surface area contributed by atoms with Gasteiger partial charge in [0, 0.05) is 19.6 Å². The largest absolute Gasteiger partial charge is 0.473 e. The Labute approximate surface area is 168 Å². The molecule has 1 aromatic carbocycles. The Bertz CT molecular complexity index is 1090. The molecule has 0 radical (unpaired) electrons. The van der Waals surface area contributed by atoms with Crippen LogP contribution in [-0.2, 0) is 0 Å². The minimum atomic E-state index is 0.192. The lowest BCUT2D eigenvalue weighted by Crippen LogP contribution is -2.35. The maximum absolute atomic E-state index is 6.14. The summed E-state index contributed by atoms with van der Waals surface area (Å²) in [5.41, 5.74) is 10.6. The summed E-state index contributed by atoms with van der Waals surface area (Å²) in [5.74, 6) is 1.78. The molecule has 5 rings (SSSR count). The number of nitrogen functional groups attached to an aromatic ring is 1. The summed E-state index contributed by atoms with van der Waals surface area (Å²) in [7, 11) is 2.14. The summed E-state index contributed by atoms with van der Waals surface area (Å²) in [4.78, 5) is 20.0. The van der Waals surface area contributed by atoms with Crippen LogP contribution in [0.4, 0.5) is 11.6 Å². The van der Waals surface area contributed by atoms with Gasteiger partial charge in [-0.1, -0.05) is 12.1 Å². The lowest BCUT2D eigenvalue weighted by Gasteiger charge is -2.28. The number of likely N-dealkylation sites (tertiary alicyclic amines) is 1. The van der Waals surface area contributed by atoms with Crippen molar-refractivity contribution in [3.8, 4) is 5.88 Å². The molecule has 1 fully saturated rings. The average Bonchev–Trinajstić information content (AvgIpc) is 2.75. The van der Waals surface area contributed by atoms with Crippen LogP contribution in [0, 0.1) is 0 Å². The van der Waals surface area contributed by atoms with E-state index >= 15 is 0 Å². The molecule has 0 aliphatic carbocycles. The number of hydrogen-bond donors (Lipinski definition) is 2. The Morgan fingerprint density at radius 3 is 2.86 bits per heavy atom. The molecular formula is C21H23N7O. The van der Waals surface area contributed by atoms with Crippen LogP contribution >= 0.6 is 0 Å². The van der Waals surface area contributed by atoms with E-state index in [2.05, 4.69) is 38.3 Å². The zero-order valence-electron chi connectivity index (χ0n) is 16.3. The van der Waals surface area contributed by atoms with Crippen molar-refractivity contribution in [1.82, 2.24) is 24.8 Å². The summed E-state index contributed by atoms with van der Waals surface area (Å²) in [6.45, 7) is 2.77. The first-order valence-electron chi connectivity index (χ1n) is 9.84. The molecule has 0 atom stereocenters. The lowest BCUT2D eigenvalue weighted by molar-refractivity contribution is 0.110. The highest BCUT2D eigenvalue weighted by molar-refractivity contribution is 5.93. The fraction of sp³-hybridized carbons (Fsp3) is 0.333. The molecule has 2 aliphatic heterocycles. The van der Waals surface area contributed by atoms with Gasteiger partial charge < -0.3 is 20.7 Å². The molecular weight excluding hydrogens is 366 g/mol. The van der Waals surface area contributed by atoms with Crippen molar-refractivity contribution >= 4 is 28.2 Å². The molecule has 0 saturated carbocycles. The van der Waals surface area contributed by atoms with Gasteiger partial charge in [0.2, 0.25) is 5.88 Å². The second-order valence-corrected chi connectivity index (χ2v) is 7.51. The number of benzene rings is 1. The number of anilines is 2. The van der Waals surface area contributed by atoms with E-state index in [4.69, 9.17) is 15.5 Å². The maximum atomic E-state index is 6.14. The second kappa shape index (κ2) is 7.29. The van der Waals surface area contributed by atoms with Gasteiger partial charge in [-0.2, -0.15) is 0 Å². The molecule has 3 aromatic rings. The topological polar surface area (TPSA) is 102 Å². The molecule has 2 aromatic heterocycles. The minimum absolute atomic E-state index is 0.192. The van der Waals surface area contributed by atoms with E-state index in [1.165, 1.54) is 6.33 Å². The van der Waals surface area contributed by atoms with Gasteiger partial charge in [-0.3, -0.25) is 0 Å². The van der Waals surface area contributed by atoms with Gasteiger partial charge in [0.05, 0.1) is 22.8 Å². The highest BCUT2D eigenvalue weighted by Gasteiger charge is 2.21. The molecule has 3 N–H and O–H groups in total. The van der Waals surface area contributed by atoms with Gasteiger partial charge in [-0.05, 0) is 43.2 Å². The highest BCUT2D eigenvalue weighted by atomic mass is 16.5. The van der Waals surface area contributed by atoms with Crippen molar-refractivity contribution in [2.45, 2.75) is 18.9 Å². The van der Waals surface area contributed by atoms with Crippen LogP contribution in [0.3, 0.4) is 0 Å². The standard InChI is InChI=1S/C21H23N7O/c1-28-8-5-14(6-9-28)29-18-11-24-16-3-2-13(10-17(16)27-18)15-4-7-23-21-19(15)20(22)25-12-26-21/h2-4,10-12,14H,5-9H2,1H3,(H3,22,23,25,26). The number of nitrogens with two attached hydrogens (primary N) is 1. The second-order valence-electron chi connectivity index (χ2n) is 7.51. The average molecular weight is 389 g/mol. The van der Waals surface area contributed by atoms with Crippen molar-refractivity contribution in [3.05, 3.63) is 47.9 Å². The highest BCUT2D eigenvalue weighted by Crippen LogP contribution is 2.35. The van der Waals surface area contributed by atoms with E-state index in [0.29, 0.717) is 18.2 Å². The van der Waals surface area contributed by atoms with Crippen molar-refractivity contribution in [3.63, 3.8) is 0 Å². The van der Waals surface area contributed by atoms with Crippen LogP contribution < -0.4 is 15.8 Å². The van der Waals surface area contributed by atoms with E-state index in [9.17, 15) is 0 Å². The molecule has 0 unspecified atom stereocenters. The smallest absolute Gasteiger partial charge is 0.233 e. The van der Waals surface area contributed by atoms with Gasteiger partial charge in [0.25, 0.3) is 0 Å². The molecule has 1 saturated heterocycles.